The average Bonchev–Trinajstić information content (AvgIpc) is 2.70. The first kappa shape index (κ1) is 21.2. The molecular weight excluding hydrogens is 384 g/mol. The molecule has 4 N–H and O–H groups in total. The monoisotopic (exact) mass is 410 g/mol. The molecule has 30 heavy (non-hydrogen) atoms. The van der Waals surface area contributed by atoms with E-state index in [-0.39, 0.29) is 11.5 Å². The molecule has 0 unspecified atom stereocenters. The number of nitrogens with zero attached hydrogens (tertiary/aromatic N) is 1. The van der Waals surface area contributed by atoms with E-state index in [0.29, 0.717) is 48.6 Å². The number of aromatic amines is 1. The van der Waals surface area contributed by atoms with Gasteiger partial charge in [-0.3, -0.25) is 14.6 Å². The van der Waals surface area contributed by atoms with Crippen LogP contribution in [0, 0.1) is 13.8 Å². The fourth-order valence-corrected chi connectivity index (χ4v) is 3.30. The second kappa shape index (κ2) is 9.30. The fourth-order valence-electron chi connectivity index (χ4n) is 3.30. The number of pyridine rings is 2. The summed E-state index contributed by atoms with van der Waals surface area (Å²) >= 11 is 0. The fraction of sp³-hybridized carbons (Fsp3) is 0.318. The van der Waals surface area contributed by atoms with Crippen LogP contribution in [0.15, 0.2) is 35.4 Å². The van der Waals surface area contributed by atoms with Crippen LogP contribution in [-0.2, 0) is 4.79 Å². The lowest BCUT2D eigenvalue weighted by molar-refractivity contribution is -0.118. The van der Waals surface area contributed by atoms with Gasteiger partial charge in [0.25, 0.3) is 5.56 Å². The third-order valence-corrected chi connectivity index (χ3v) is 4.80. The number of hydrogen-bond donors (Lipinski definition) is 3. The molecule has 8 nitrogen and oxygen atoms in total. The summed E-state index contributed by atoms with van der Waals surface area (Å²) in [4.78, 5) is 30.4. The number of fused-ring (bicyclic) bond motifs is 1. The van der Waals surface area contributed by atoms with Crippen molar-refractivity contribution < 1.29 is 14.3 Å². The van der Waals surface area contributed by atoms with E-state index in [4.69, 9.17) is 15.2 Å². The number of nitrogens with one attached hydrogen (secondary N) is 2. The number of ether oxygens (including phenoxy) is 2. The molecule has 8 heteroatoms. The van der Waals surface area contributed by atoms with Crippen molar-refractivity contribution in [2.45, 2.75) is 33.1 Å². The minimum Gasteiger partial charge on any atom is -0.493 e. The highest BCUT2D eigenvalue weighted by atomic mass is 16.5. The molecule has 0 radical (unpaired) electrons. The van der Waals surface area contributed by atoms with Gasteiger partial charge in [0.1, 0.15) is 0 Å². The molecule has 0 aliphatic rings. The molecular formula is C22H26N4O4. The van der Waals surface area contributed by atoms with Gasteiger partial charge in [-0.15, -0.1) is 0 Å². The van der Waals surface area contributed by atoms with Crippen molar-refractivity contribution in [2.24, 2.45) is 5.73 Å². The Labute approximate surface area is 174 Å². The summed E-state index contributed by atoms with van der Waals surface area (Å²) in [5.41, 5.74) is 8.97. The number of carbonyl (C=O) groups is 1. The van der Waals surface area contributed by atoms with E-state index in [9.17, 15) is 9.59 Å². The Balaban J connectivity index is 1.98. The summed E-state index contributed by atoms with van der Waals surface area (Å²) in [5.74, 6) is 0.638. The molecule has 158 valence electrons. The molecule has 3 aromatic rings. The standard InChI is InChI=1S/C22H26N4O4/c1-13-11-24-12-14(2)20(13)25-16-10-19(28)26-21-15(16)7-8-17(29-3)22(21)30-9-5-4-6-18(23)27/h7-8,10-12H,4-6,9H2,1-3H3,(H2,23,27)(H2,24,25,26,28). The first-order chi connectivity index (χ1) is 14.4. The molecule has 1 aromatic carbocycles. The summed E-state index contributed by atoms with van der Waals surface area (Å²) in [6.45, 7) is 4.29. The number of H-pyrrole nitrogens is 1. The van der Waals surface area contributed by atoms with Crippen molar-refractivity contribution in [1.82, 2.24) is 9.97 Å². The normalized spacial score (nSPS) is 10.8. The van der Waals surface area contributed by atoms with E-state index < -0.39 is 0 Å². The number of nitrogens with two attached hydrogens (primary N) is 1. The summed E-state index contributed by atoms with van der Waals surface area (Å²) in [7, 11) is 1.55. The third kappa shape index (κ3) is 4.71. The highest BCUT2D eigenvalue weighted by Crippen LogP contribution is 2.37. The molecule has 1 amide bonds. The molecule has 2 heterocycles. The number of rotatable bonds is 9. The topological polar surface area (TPSA) is 119 Å². The van der Waals surface area contributed by atoms with Crippen LogP contribution in [0.25, 0.3) is 10.9 Å². The molecule has 0 atom stereocenters. The second-order valence-corrected chi connectivity index (χ2v) is 7.11. The number of hydrogen-bond acceptors (Lipinski definition) is 6. The molecule has 0 saturated carbocycles. The molecule has 0 aliphatic heterocycles. The lowest BCUT2D eigenvalue weighted by atomic mass is 10.1. The zero-order valence-corrected chi connectivity index (χ0v) is 17.4. The number of aromatic nitrogens is 2. The van der Waals surface area contributed by atoms with E-state index >= 15 is 0 Å². The predicted octanol–water partition coefficient (Wildman–Crippen LogP) is 3.33. The van der Waals surface area contributed by atoms with Gasteiger partial charge in [0.05, 0.1) is 24.9 Å². The van der Waals surface area contributed by atoms with Crippen molar-refractivity contribution >= 4 is 28.2 Å². The Morgan fingerprint density at radius 2 is 1.93 bits per heavy atom. The van der Waals surface area contributed by atoms with Crippen molar-refractivity contribution in [3.63, 3.8) is 0 Å². The van der Waals surface area contributed by atoms with Gasteiger partial charge in [-0.05, 0) is 49.9 Å². The van der Waals surface area contributed by atoms with Crippen molar-refractivity contribution in [2.75, 3.05) is 19.0 Å². The van der Waals surface area contributed by atoms with E-state index in [1.807, 2.05) is 19.9 Å². The Kier molecular flexibility index (Phi) is 6.56. The third-order valence-electron chi connectivity index (χ3n) is 4.80. The Hall–Kier alpha value is -3.55. The Morgan fingerprint density at radius 3 is 2.60 bits per heavy atom. The van der Waals surface area contributed by atoms with Gasteiger partial charge in [-0.2, -0.15) is 0 Å². The maximum Gasteiger partial charge on any atom is 0.250 e. The van der Waals surface area contributed by atoms with Crippen LogP contribution in [0.3, 0.4) is 0 Å². The van der Waals surface area contributed by atoms with Gasteiger partial charge in [-0.25, -0.2) is 0 Å². The number of aryl methyl sites for hydroxylation is 2. The summed E-state index contributed by atoms with van der Waals surface area (Å²) in [6, 6.07) is 5.19. The average molecular weight is 410 g/mol. The maximum atomic E-state index is 12.4. The van der Waals surface area contributed by atoms with E-state index in [1.165, 1.54) is 6.07 Å². The Morgan fingerprint density at radius 1 is 1.20 bits per heavy atom. The number of methoxy groups -OCH3 is 1. The van der Waals surface area contributed by atoms with Crippen molar-refractivity contribution in [3.05, 3.63) is 52.1 Å². The van der Waals surface area contributed by atoms with Gasteiger partial charge < -0.3 is 25.5 Å². The van der Waals surface area contributed by atoms with Crippen LogP contribution >= 0.6 is 0 Å². The zero-order chi connectivity index (χ0) is 21.7. The van der Waals surface area contributed by atoms with Crippen LogP contribution in [0.1, 0.15) is 30.4 Å². The highest BCUT2D eigenvalue weighted by Gasteiger charge is 2.15. The molecule has 3 rings (SSSR count). The van der Waals surface area contributed by atoms with E-state index in [0.717, 1.165) is 22.2 Å². The number of primary amides is 1. The highest BCUT2D eigenvalue weighted by molar-refractivity contribution is 5.97. The van der Waals surface area contributed by atoms with Gasteiger partial charge in [-0.1, -0.05) is 0 Å². The maximum absolute atomic E-state index is 12.4. The van der Waals surface area contributed by atoms with Crippen LogP contribution in [-0.4, -0.2) is 29.6 Å². The van der Waals surface area contributed by atoms with Crippen LogP contribution in [0.5, 0.6) is 11.5 Å². The van der Waals surface area contributed by atoms with E-state index in [1.54, 1.807) is 25.6 Å². The minimum atomic E-state index is -0.334. The molecule has 0 spiro atoms. The van der Waals surface area contributed by atoms with Crippen molar-refractivity contribution in [3.8, 4) is 11.5 Å². The summed E-state index contributed by atoms with van der Waals surface area (Å²) in [6.07, 6.45) is 5.14. The van der Waals surface area contributed by atoms with Gasteiger partial charge in [0.15, 0.2) is 11.5 Å². The zero-order valence-electron chi connectivity index (χ0n) is 17.4. The number of benzene rings is 1. The molecule has 0 bridgehead atoms. The number of amides is 1. The first-order valence-electron chi connectivity index (χ1n) is 9.74. The number of carbonyl (C=O) groups excluding carboxylic acids is 1. The molecule has 2 aromatic heterocycles. The van der Waals surface area contributed by atoms with Crippen LogP contribution in [0.4, 0.5) is 11.4 Å². The smallest absolute Gasteiger partial charge is 0.250 e. The predicted molar refractivity (Wildman–Crippen MR) is 117 cm³/mol. The largest absolute Gasteiger partial charge is 0.493 e. The first-order valence-corrected chi connectivity index (χ1v) is 9.74. The molecule has 0 saturated heterocycles. The van der Waals surface area contributed by atoms with E-state index in [2.05, 4.69) is 15.3 Å². The lowest BCUT2D eigenvalue weighted by Gasteiger charge is -2.17. The summed E-state index contributed by atoms with van der Waals surface area (Å²) < 4.78 is 11.4. The van der Waals surface area contributed by atoms with Crippen LogP contribution in [0.2, 0.25) is 0 Å². The van der Waals surface area contributed by atoms with Gasteiger partial charge in [0.2, 0.25) is 5.91 Å². The number of anilines is 2. The second-order valence-electron chi connectivity index (χ2n) is 7.11. The Bertz CT molecular complexity index is 1100. The van der Waals surface area contributed by atoms with Gasteiger partial charge in [0, 0.05) is 36.0 Å². The minimum absolute atomic E-state index is 0.263. The van der Waals surface area contributed by atoms with Crippen molar-refractivity contribution in [1.29, 1.82) is 0 Å². The summed E-state index contributed by atoms with van der Waals surface area (Å²) in [5, 5.41) is 4.16. The molecule has 0 aliphatic carbocycles. The number of unbranched alkanes of at least 4 members (excludes halogenated alkanes) is 1. The molecule has 0 fully saturated rings. The van der Waals surface area contributed by atoms with Gasteiger partial charge >= 0.3 is 0 Å². The lowest BCUT2D eigenvalue weighted by Crippen LogP contribution is -2.11. The van der Waals surface area contributed by atoms with Crippen LogP contribution < -0.4 is 26.1 Å². The quantitative estimate of drug-likeness (QED) is 0.466. The SMILES string of the molecule is COc1ccc2c(Nc3c(C)cncc3C)cc(=O)[nH]c2c1OCCCCC(N)=O.